The predicted octanol–water partition coefficient (Wildman–Crippen LogP) is 2.24. The van der Waals surface area contributed by atoms with Crippen LogP contribution < -0.4 is 10.4 Å². The molecule has 0 spiro atoms. The van der Waals surface area contributed by atoms with Gasteiger partial charge in [-0.05, 0) is 37.3 Å². The van der Waals surface area contributed by atoms with Crippen LogP contribution in [0.25, 0.3) is 10.8 Å². The molecule has 0 bridgehead atoms. The Morgan fingerprint density at radius 2 is 1.58 bits per heavy atom. The first-order valence-electron chi connectivity index (χ1n) is 8.01. The second-order valence-corrected chi connectivity index (χ2v) is 5.66. The van der Waals surface area contributed by atoms with Gasteiger partial charge in [0.1, 0.15) is 0 Å². The Labute approximate surface area is 140 Å². The van der Waals surface area contributed by atoms with Crippen LogP contribution in [-0.4, -0.2) is 24.2 Å². The van der Waals surface area contributed by atoms with Crippen LogP contribution in [0.5, 0.6) is 0 Å². The number of carbonyl (C=O) groups is 3. The number of hydrogen-bond acceptors (Lipinski definition) is 4. The predicted molar refractivity (Wildman–Crippen MR) is 90.3 cm³/mol. The van der Waals surface area contributed by atoms with Gasteiger partial charge in [0.05, 0.1) is 5.97 Å². The molecule has 0 heterocycles. The first kappa shape index (κ1) is 17.7. The van der Waals surface area contributed by atoms with Crippen molar-refractivity contribution in [2.24, 2.45) is 0 Å². The number of ketones is 1. The van der Waals surface area contributed by atoms with Crippen molar-refractivity contribution < 1.29 is 19.5 Å². The van der Waals surface area contributed by atoms with Crippen molar-refractivity contribution in [1.29, 1.82) is 0 Å². The van der Waals surface area contributed by atoms with E-state index in [4.69, 9.17) is 0 Å². The normalized spacial score (nSPS) is 10.6. The number of fused-ring (bicyclic) bond motifs is 1. The van der Waals surface area contributed by atoms with Crippen molar-refractivity contribution in [3.8, 4) is 0 Å². The molecule has 2 rings (SSSR count). The van der Waals surface area contributed by atoms with Gasteiger partial charge in [0.25, 0.3) is 5.91 Å². The van der Waals surface area contributed by atoms with Crippen molar-refractivity contribution in [3.05, 3.63) is 46.5 Å². The molecule has 0 unspecified atom stereocenters. The van der Waals surface area contributed by atoms with E-state index in [1.54, 1.807) is 26.0 Å². The highest BCUT2D eigenvalue weighted by Crippen LogP contribution is 2.30. The lowest BCUT2D eigenvalue weighted by Gasteiger charge is -2.17. The van der Waals surface area contributed by atoms with Crippen LogP contribution in [0, 0.1) is 6.92 Å². The number of rotatable bonds is 6. The molecule has 1 amide bonds. The van der Waals surface area contributed by atoms with Gasteiger partial charge >= 0.3 is 0 Å². The molecule has 0 radical (unpaired) electrons. The molecule has 0 aromatic heterocycles. The van der Waals surface area contributed by atoms with Crippen molar-refractivity contribution in [1.82, 2.24) is 5.32 Å². The number of nitrogens with one attached hydrogen (secondary N) is 1. The summed E-state index contributed by atoms with van der Waals surface area (Å²) >= 11 is 0. The number of hydrogen-bond donors (Lipinski definition) is 1. The van der Waals surface area contributed by atoms with Crippen LogP contribution in [0.2, 0.25) is 0 Å². The highest BCUT2D eigenvalue weighted by molar-refractivity contribution is 6.20. The molecular weight excluding hydrogens is 306 g/mol. The van der Waals surface area contributed by atoms with Crippen LogP contribution >= 0.6 is 0 Å². The fourth-order valence-electron chi connectivity index (χ4n) is 2.88. The van der Waals surface area contributed by atoms with E-state index >= 15 is 0 Å². The fraction of sp³-hybridized carbons (Fsp3) is 0.316. The minimum atomic E-state index is -1.36. The number of benzene rings is 2. The first-order chi connectivity index (χ1) is 11.4. The largest absolute Gasteiger partial charge is 0.545 e. The first-order valence-corrected chi connectivity index (χ1v) is 8.01. The summed E-state index contributed by atoms with van der Waals surface area (Å²) < 4.78 is 0. The second kappa shape index (κ2) is 7.25. The smallest absolute Gasteiger partial charge is 0.251 e. The average Bonchev–Trinajstić information content (AvgIpc) is 2.54. The van der Waals surface area contributed by atoms with E-state index in [1.165, 1.54) is 12.1 Å². The van der Waals surface area contributed by atoms with Crippen molar-refractivity contribution in [3.63, 3.8) is 0 Å². The van der Waals surface area contributed by atoms with Crippen molar-refractivity contribution in [2.75, 3.05) is 6.54 Å². The number of aromatic carboxylic acids is 1. The average molecular weight is 326 g/mol. The summed E-state index contributed by atoms with van der Waals surface area (Å²) in [6.07, 6.45) is 0.973. The van der Waals surface area contributed by atoms with Crippen LogP contribution in [0.1, 0.15) is 63.3 Å². The Bertz CT molecular complexity index is 824. The Morgan fingerprint density at radius 1 is 0.958 bits per heavy atom. The van der Waals surface area contributed by atoms with Gasteiger partial charge in [-0.15, -0.1) is 0 Å². The SMILES string of the molecule is CCCC(=O)c1ccc(C)c2c(C(=O)NCC)ccc(C(=O)[O-])c12. The Hall–Kier alpha value is -2.69. The number of aryl methyl sites for hydroxylation is 1. The molecule has 0 aliphatic heterocycles. The number of Topliss-reactive ketones (excluding diaryl/α,β-unsaturated/α-hetero) is 1. The Balaban J connectivity index is 2.89. The molecule has 0 aliphatic carbocycles. The Kier molecular flexibility index (Phi) is 5.34. The third-order valence-electron chi connectivity index (χ3n) is 3.95. The number of carboxylic acid groups (broad SMARTS) is 1. The maximum absolute atomic E-state index is 12.4. The van der Waals surface area contributed by atoms with E-state index in [0.717, 1.165) is 5.56 Å². The highest BCUT2D eigenvalue weighted by atomic mass is 16.4. The zero-order valence-electron chi connectivity index (χ0n) is 14.1. The van der Waals surface area contributed by atoms with E-state index < -0.39 is 5.97 Å². The second-order valence-electron chi connectivity index (χ2n) is 5.66. The molecule has 0 saturated carbocycles. The molecule has 2 aromatic carbocycles. The topological polar surface area (TPSA) is 86.3 Å². The number of carboxylic acids is 1. The van der Waals surface area contributed by atoms with E-state index in [9.17, 15) is 19.5 Å². The molecule has 1 N–H and O–H groups in total. The lowest BCUT2D eigenvalue weighted by Crippen LogP contribution is -2.26. The quantitative estimate of drug-likeness (QED) is 0.825. The van der Waals surface area contributed by atoms with Gasteiger partial charge in [-0.2, -0.15) is 0 Å². The molecule has 0 atom stereocenters. The van der Waals surface area contributed by atoms with Crippen molar-refractivity contribution >= 4 is 28.4 Å². The van der Waals surface area contributed by atoms with Crippen LogP contribution in [-0.2, 0) is 0 Å². The summed E-state index contributed by atoms with van der Waals surface area (Å²) in [5.41, 5.74) is 1.35. The molecule has 24 heavy (non-hydrogen) atoms. The molecule has 5 heteroatoms. The molecule has 2 aromatic rings. The zero-order chi connectivity index (χ0) is 17.9. The summed E-state index contributed by atoms with van der Waals surface area (Å²) in [6, 6.07) is 6.18. The van der Waals surface area contributed by atoms with Gasteiger partial charge in [0.2, 0.25) is 0 Å². The van der Waals surface area contributed by atoms with Crippen LogP contribution in [0.4, 0.5) is 0 Å². The Morgan fingerprint density at radius 3 is 2.17 bits per heavy atom. The van der Waals surface area contributed by atoms with Gasteiger partial charge in [0, 0.05) is 35.0 Å². The molecule has 0 fully saturated rings. The van der Waals surface area contributed by atoms with E-state index in [1.807, 2.05) is 6.92 Å². The monoisotopic (exact) mass is 326 g/mol. The molecular formula is C19H20NO4-. The summed E-state index contributed by atoms with van der Waals surface area (Å²) in [4.78, 5) is 36.3. The summed E-state index contributed by atoms with van der Waals surface area (Å²) in [7, 11) is 0. The van der Waals surface area contributed by atoms with Gasteiger partial charge in [0.15, 0.2) is 5.78 Å². The minimum absolute atomic E-state index is 0.0683. The molecule has 126 valence electrons. The number of amides is 1. The summed E-state index contributed by atoms with van der Waals surface area (Å²) in [5.74, 6) is -1.80. The summed E-state index contributed by atoms with van der Waals surface area (Å²) in [6.45, 7) is 5.93. The van der Waals surface area contributed by atoms with Gasteiger partial charge in [-0.3, -0.25) is 9.59 Å². The fourth-order valence-corrected chi connectivity index (χ4v) is 2.88. The third kappa shape index (κ3) is 3.15. The van der Waals surface area contributed by atoms with Crippen molar-refractivity contribution in [2.45, 2.75) is 33.6 Å². The van der Waals surface area contributed by atoms with E-state index in [2.05, 4.69) is 5.32 Å². The highest BCUT2D eigenvalue weighted by Gasteiger charge is 2.19. The lowest BCUT2D eigenvalue weighted by molar-refractivity contribution is -0.254. The summed E-state index contributed by atoms with van der Waals surface area (Å²) in [5, 5.41) is 15.0. The van der Waals surface area contributed by atoms with Crippen LogP contribution in [0.15, 0.2) is 24.3 Å². The minimum Gasteiger partial charge on any atom is -0.545 e. The molecule has 5 nitrogen and oxygen atoms in total. The zero-order valence-corrected chi connectivity index (χ0v) is 14.1. The van der Waals surface area contributed by atoms with E-state index in [0.29, 0.717) is 35.9 Å². The number of carbonyl (C=O) groups excluding carboxylic acids is 3. The third-order valence-corrected chi connectivity index (χ3v) is 3.95. The van der Waals surface area contributed by atoms with Gasteiger partial charge in [-0.25, -0.2) is 0 Å². The van der Waals surface area contributed by atoms with Gasteiger partial charge < -0.3 is 15.2 Å². The van der Waals surface area contributed by atoms with Crippen LogP contribution in [0.3, 0.4) is 0 Å². The maximum Gasteiger partial charge on any atom is 0.251 e. The maximum atomic E-state index is 12.4. The molecule has 0 aliphatic rings. The standard InChI is InChI=1S/C19H21NO4/c1-4-6-15(21)12-8-7-11(3)16-13(18(22)20-5-2)9-10-14(17(12)16)19(23)24/h7-10H,4-6H2,1-3H3,(H,20,22)(H,23,24)/p-1. The molecule has 0 saturated heterocycles. The lowest BCUT2D eigenvalue weighted by atomic mass is 9.89. The van der Waals surface area contributed by atoms with E-state index in [-0.39, 0.29) is 22.6 Å². The van der Waals surface area contributed by atoms with Gasteiger partial charge in [-0.1, -0.05) is 25.1 Å².